The monoisotopic (exact) mass is 413 g/mol. The zero-order chi connectivity index (χ0) is 21.3. The zero-order valence-corrected chi connectivity index (χ0v) is 17.0. The van der Waals surface area contributed by atoms with E-state index in [1.54, 1.807) is 41.7 Å². The molecule has 5 nitrogen and oxygen atoms in total. The Balaban J connectivity index is 1.70. The van der Waals surface area contributed by atoms with Crippen molar-refractivity contribution in [3.8, 4) is 10.4 Å². The second kappa shape index (κ2) is 7.93. The van der Waals surface area contributed by atoms with E-state index in [1.165, 1.54) is 13.1 Å². The molecule has 0 saturated carbocycles. The number of ketones is 1. The first kappa shape index (κ1) is 19.5. The van der Waals surface area contributed by atoms with E-state index in [1.807, 2.05) is 30.3 Å². The fourth-order valence-electron chi connectivity index (χ4n) is 3.25. The third kappa shape index (κ3) is 3.73. The highest BCUT2D eigenvalue weighted by atomic mass is 32.1. The first-order valence-corrected chi connectivity index (χ1v) is 10.1. The van der Waals surface area contributed by atoms with Crippen LogP contribution in [0.25, 0.3) is 20.5 Å². The minimum atomic E-state index is -0.298. The van der Waals surface area contributed by atoms with E-state index in [2.05, 4.69) is 11.4 Å². The summed E-state index contributed by atoms with van der Waals surface area (Å²) in [5.41, 5.74) is 9.67. The van der Waals surface area contributed by atoms with E-state index in [4.69, 9.17) is 11.1 Å². The van der Waals surface area contributed by atoms with Gasteiger partial charge in [0.2, 0.25) is 0 Å². The number of fused-ring (bicyclic) bond motifs is 1. The smallest absolute Gasteiger partial charge is 0.255 e. The van der Waals surface area contributed by atoms with Crippen LogP contribution >= 0.6 is 11.3 Å². The molecule has 3 aromatic carbocycles. The lowest BCUT2D eigenvalue weighted by molar-refractivity contribution is 0.101. The summed E-state index contributed by atoms with van der Waals surface area (Å²) in [5.74, 6) is -0.350. The minimum absolute atomic E-state index is 0.0518. The molecule has 0 radical (unpaired) electrons. The minimum Gasteiger partial charge on any atom is -0.398 e. The van der Waals surface area contributed by atoms with Crippen molar-refractivity contribution in [2.75, 3.05) is 11.1 Å². The summed E-state index contributed by atoms with van der Waals surface area (Å²) in [5, 5.41) is 11.7. The number of carbonyl (C=O) groups excluding carboxylic acids is 2. The van der Waals surface area contributed by atoms with Crippen LogP contribution in [0.5, 0.6) is 0 Å². The predicted octanol–water partition coefficient (Wildman–Crippen LogP) is 5.60. The lowest BCUT2D eigenvalue weighted by Crippen LogP contribution is -2.13. The van der Waals surface area contributed by atoms with Crippen molar-refractivity contribution in [2.24, 2.45) is 0 Å². The Morgan fingerprint density at radius 3 is 2.37 bits per heavy atom. The number of carbonyl (C=O) groups is 2. The summed E-state index contributed by atoms with van der Waals surface area (Å²) in [7, 11) is 0. The summed E-state index contributed by atoms with van der Waals surface area (Å²) in [6.45, 7) is 1.48. The van der Waals surface area contributed by atoms with E-state index in [-0.39, 0.29) is 11.7 Å². The van der Waals surface area contributed by atoms with Crippen LogP contribution in [0.4, 0.5) is 11.4 Å². The number of Topliss-reactive ketones (excluding diaryl/α,β-unsaturated/α-hetero) is 1. The molecule has 0 aliphatic heterocycles. The molecular weight excluding hydrogens is 394 g/mol. The predicted molar refractivity (Wildman–Crippen MR) is 124 cm³/mol. The number of amides is 1. The van der Waals surface area contributed by atoms with E-state index >= 15 is 0 Å². The highest BCUT2D eigenvalue weighted by Gasteiger charge is 2.14. The Morgan fingerprint density at radius 2 is 1.70 bits per heavy atom. The molecule has 4 rings (SSSR count). The normalized spacial score (nSPS) is 10.7. The zero-order valence-electron chi connectivity index (χ0n) is 16.2. The molecule has 0 spiro atoms. The van der Waals surface area contributed by atoms with Gasteiger partial charge in [0.25, 0.3) is 5.91 Å². The Kier molecular flexibility index (Phi) is 5.16. The van der Waals surface area contributed by atoms with Gasteiger partial charge in [-0.3, -0.25) is 9.59 Å². The van der Waals surface area contributed by atoms with Crippen molar-refractivity contribution < 1.29 is 9.59 Å². The highest BCUT2D eigenvalue weighted by molar-refractivity contribution is 7.22. The summed E-state index contributed by atoms with van der Waals surface area (Å²) in [6.07, 6.45) is 1.18. The maximum atomic E-state index is 12.7. The average Bonchev–Trinajstić information content (AvgIpc) is 3.18. The summed E-state index contributed by atoms with van der Waals surface area (Å²) in [4.78, 5) is 25.1. The van der Waals surface area contributed by atoms with E-state index < -0.39 is 0 Å². The summed E-state index contributed by atoms with van der Waals surface area (Å²) < 4.78 is 1.14. The molecule has 0 bridgehead atoms. The fraction of sp³-hybridized carbons (Fsp3) is 0.0417. The van der Waals surface area contributed by atoms with Crippen LogP contribution in [-0.4, -0.2) is 17.9 Å². The number of thiophene rings is 1. The van der Waals surface area contributed by atoms with Gasteiger partial charge in [-0.2, -0.15) is 0 Å². The Bertz CT molecular complexity index is 1260. The molecule has 0 atom stereocenters. The molecule has 0 unspecified atom stereocenters. The second-order valence-corrected chi connectivity index (χ2v) is 7.99. The first-order valence-electron chi connectivity index (χ1n) is 9.31. The number of hydrogen-bond acceptors (Lipinski definition) is 5. The van der Waals surface area contributed by atoms with Crippen LogP contribution in [0, 0.1) is 5.41 Å². The van der Waals surface area contributed by atoms with Crippen molar-refractivity contribution in [3.05, 3.63) is 83.4 Å². The molecular formula is C24H19N3O2S. The van der Waals surface area contributed by atoms with Gasteiger partial charge in [0.1, 0.15) is 0 Å². The molecule has 6 heteroatoms. The molecule has 4 aromatic rings. The van der Waals surface area contributed by atoms with E-state index in [9.17, 15) is 9.59 Å². The number of nitrogens with two attached hydrogens (primary N) is 1. The summed E-state index contributed by atoms with van der Waals surface area (Å²) >= 11 is 1.61. The molecule has 1 amide bonds. The molecule has 0 aliphatic rings. The van der Waals surface area contributed by atoms with Crippen molar-refractivity contribution in [2.45, 2.75) is 6.92 Å². The molecule has 0 saturated heterocycles. The van der Waals surface area contributed by atoms with Gasteiger partial charge < -0.3 is 16.5 Å². The lowest BCUT2D eigenvalue weighted by Gasteiger charge is -2.12. The third-order valence-corrected chi connectivity index (χ3v) is 6.02. The van der Waals surface area contributed by atoms with Gasteiger partial charge in [-0.1, -0.05) is 30.3 Å². The van der Waals surface area contributed by atoms with Crippen LogP contribution in [0.15, 0.2) is 66.7 Å². The second-order valence-electron chi connectivity index (χ2n) is 6.91. The molecule has 148 valence electrons. The lowest BCUT2D eigenvalue weighted by atomic mass is 10.0. The molecule has 1 heterocycles. The quantitative estimate of drug-likeness (QED) is 0.226. The van der Waals surface area contributed by atoms with Crippen LogP contribution < -0.4 is 11.1 Å². The molecule has 1 aromatic heterocycles. The van der Waals surface area contributed by atoms with E-state index in [0.29, 0.717) is 28.1 Å². The van der Waals surface area contributed by atoms with Crippen molar-refractivity contribution in [1.82, 2.24) is 0 Å². The van der Waals surface area contributed by atoms with Crippen molar-refractivity contribution in [1.29, 1.82) is 5.41 Å². The van der Waals surface area contributed by atoms with Gasteiger partial charge in [0.05, 0.1) is 0 Å². The molecule has 30 heavy (non-hydrogen) atoms. The third-order valence-electron chi connectivity index (χ3n) is 4.87. The Hall–Kier alpha value is -3.77. The fourth-order valence-corrected chi connectivity index (χ4v) is 4.34. The van der Waals surface area contributed by atoms with Gasteiger partial charge >= 0.3 is 0 Å². The number of nitrogen functional groups attached to an aromatic ring is 1. The Labute approximate surface area is 177 Å². The van der Waals surface area contributed by atoms with Crippen molar-refractivity contribution >= 4 is 50.7 Å². The van der Waals surface area contributed by atoms with Crippen LogP contribution in [0.3, 0.4) is 0 Å². The summed E-state index contributed by atoms with van der Waals surface area (Å²) in [6, 6.07) is 20.1. The van der Waals surface area contributed by atoms with Gasteiger partial charge in [-0.15, -0.1) is 11.3 Å². The first-order chi connectivity index (χ1) is 14.5. The Morgan fingerprint density at radius 1 is 1.00 bits per heavy atom. The topological polar surface area (TPSA) is 96.0 Å². The number of rotatable bonds is 5. The molecule has 4 N–H and O–H groups in total. The number of benzene rings is 3. The SMILES string of the molecule is CC(=O)c1ccc(C(=O)Nc2cc(C=N)c(N)c(-c3cc4ccccc4s3)c2)cc1. The van der Waals surface area contributed by atoms with Gasteiger partial charge in [0, 0.05) is 49.4 Å². The van der Waals surface area contributed by atoms with Crippen LogP contribution in [0.2, 0.25) is 0 Å². The standard InChI is InChI=1S/C24H19N3O2S/c1-14(28)15-6-8-16(9-7-15)24(29)27-19-10-18(13-25)23(26)20(12-19)22-11-17-4-2-3-5-21(17)30-22/h2-13,25H,26H2,1H3,(H,27,29). The number of nitrogens with one attached hydrogen (secondary N) is 2. The highest BCUT2D eigenvalue weighted by Crippen LogP contribution is 2.38. The molecule has 0 fully saturated rings. The van der Waals surface area contributed by atoms with E-state index in [0.717, 1.165) is 20.5 Å². The van der Waals surface area contributed by atoms with Crippen LogP contribution in [0.1, 0.15) is 33.2 Å². The van der Waals surface area contributed by atoms with Crippen molar-refractivity contribution in [3.63, 3.8) is 0 Å². The maximum Gasteiger partial charge on any atom is 0.255 e. The number of hydrogen-bond donors (Lipinski definition) is 3. The van der Waals surface area contributed by atoms with Gasteiger partial charge in [-0.25, -0.2) is 0 Å². The van der Waals surface area contributed by atoms with Crippen LogP contribution in [-0.2, 0) is 0 Å². The average molecular weight is 414 g/mol. The number of anilines is 2. The molecule has 0 aliphatic carbocycles. The van der Waals surface area contributed by atoms with Gasteiger partial charge in [-0.05, 0) is 48.7 Å². The van der Waals surface area contributed by atoms with Gasteiger partial charge in [0.15, 0.2) is 5.78 Å². The maximum absolute atomic E-state index is 12.7. The largest absolute Gasteiger partial charge is 0.398 e.